The van der Waals surface area contributed by atoms with Crippen LogP contribution in [0, 0.1) is 0 Å². The average Bonchev–Trinajstić information content (AvgIpc) is 1.82. The third-order valence-corrected chi connectivity index (χ3v) is 1.66. The predicted molar refractivity (Wildman–Crippen MR) is 39.2 cm³/mol. The zero-order valence-electron chi connectivity index (χ0n) is 6.54. The van der Waals surface area contributed by atoms with Gasteiger partial charge in [0.25, 0.3) is 0 Å². The fraction of sp³-hybridized carbons (Fsp3) is 1.00. The van der Waals surface area contributed by atoms with Crippen molar-refractivity contribution >= 4 is 35.5 Å². The van der Waals surface area contributed by atoms with Crippen LogP contribution in [-0.2, 0) is 0 Å². The van der Waals surface area contributed by atoms with Crippen LogP contribution in [0.4, 0.5) is 12.9 Å². The van der Waals surface area contributed by atoms with Gasteiger partial charge >= 0.3 is 65.3 Å². The first-order valence-electron chi connectivity index (χ1n) is 3.57. The Balaban J connectivity index is 0. The van der Waals surface area contributed by atoms with Crippen molar-refractivity contribution in [1.29, 1.82) is 0 Å². The summed E-state index contributed by atoms with van der Waals surface area (Å²) in [6, 6.07) is 0. The molecule has 0 saturated carbocycles. The normalized spacial score (nSPS) is 8.20. The third-order valence-electron chi connectivity index (χ3n) is 0.957. The summed E-state index contributed by atoms with van der Waals surface area (Å²) in [5.74, 6) is 0. The molecule has 0 fully saturated rings. The van der Waals surface area contributed by atoms with Gasteiger partial charge in [0.2, 0.25) is 0 Å². The quantitative estimate of drug-likeness (QED) is 0.441. The van der Waals surface area contributed by atoms with E-state index in [9.17, 15) is 12.9 Å². The SMILES string of the molecule is CCCC[CH2][Na].FB(F)F. The first-order valence-corrected chi connectivity index (χ1v) is 4.98. The molecule has 0 aliphatic heterocycles. The van der Waals surface area contributed by atoms with Crippen molar-refractivity contribution in [3.63, 3.8) is 0 Å². The molecule has 5 heteroatoms. The maximum Gasteiger partial charge on any atom is 0.762 e. The maximum absolute atomic E-state index is 9.67. The second kappa shape index (κ2) is 12.5. The standard InChI is InChI=1S/C5H11.BF3.Na/c1-3-5-4-2;2-1(3)4;/h1,3-5H2,2H3;;. The smallest absolute Gasteiger partial charge is 0.254 e. The Bertz CT molecular complexity index is 47.4. The van der Waals surface area contributed by atoms with Crippen molar-refractivity contribution in [2.45, 2.75) is 29.9 Å². The van der Waals surface area contributed by atoms with Gasteiger partial charge in [-0.15, -0.1) is 0 Å². The Morgan fingerprint density at radius 1 is 1.20 bits per heavy atom. The topological polar surface area (TPSA) is 0 Å². The predicted octanol–water partition coefficient (Wildman–Crippen LogP) is 2.64. The minimum absolute atomic E-state index is 1.38. The molecule has 56 valence electrons. The van der Waals surface area contributed by atoms with Crippen molar-refractivity contribution in [2.24, 2.45) is 0 Å². The summed E-state index contributed by atoms with van der Waals surface area (Å²) < 4.78 is 30.5. The summed E-state index contributed by atoms with van der Waals surface area (Å²) in [4.78, 5) is 0. The maximum atomic E-state index is 9.67. The van der Waals surface area contributed by atoms with Crippen LogP contribution in [0.25, 0.3) is 0 Å². The largest absolute Gasteiger partial charge is 0.762 e. The molecule has 0 unspecified atom stereocenters. The van der Waals surface area contributed by atoms with Crippen LogP contribution in [0.5, 0.6) is 0 Å². The van der Waals surface area contributed by atoms with Crippen molar-refractivity contribution in [1.82, 2.24) is 0 Å². The molecule has 0 heterocycles. The van der Waals surface area contributed by atoms with E-state index in [2.05, 4.69) is 6.92 Å². The first-order chi connectivity index (χ1) is 4.65. The molecule has 0 saturated heterocycles. The van der Waals surface area contributed by atoms with Gasteiger partial charge in [-0.3, -0.25) is 12.9 Å². The van der Waals surface area contributed by atoms with Crippen molar-refractivity contribution in [3.8, 4) is 0 Å². The second-order valence-electron chi connectivity index (χ2n) is 1.95. The van der Waals surface area contributed by atoms with Gasteiger partial charge in [-0.05, 0) is 0 Å². The molecule has 0 aromatic rings. The Hall–Kier alpha value is 0.855. The minimum Gasteiger partial charge on any atom is -0.254 e. The van der Waals surface area contributed by atoms with Gasteiger partial charge in [0.05, 0.1) is 0 Å². The van der Waals surface area contributed by atoms with Gasteiger partial charge in [-0.25, -0.2) is 0 Å². The van der Waals surface area contributed by atoms with E-state index >= 15 is 0 Å². The van der Waals surface area contributed by atoms with Gasteiger partial charge in [0.1, 0.15) is 0 Å². The number of hydrogen-bond donors (Lipinski definition) is 0. The number of hydrogen-bond acceptors (Lipinski definition) is 0. The zero-order chi connectivity index (χ0) is 8.41. The van der Waals surface area contributed by atoms with Crippen LogP contribution in [0.1, 0.15) is 26.2 Å². The summed E-state index contributed by atoms with van der Waals surface area (Å²) in [7, 11) is -3.67. The van der Waals surface area contributed by atoms with E-state index in [-0.39, 0.29) is 0 Å². The molecule has 0 aromatic heterocycles. The Morgan fingerprint density at radius 2 is 1.60 bits per heavy atom. The Morgan fingerprint density at radius 3 is 1.70 bits per heavy atom. The molecule has 0 N–H and O–H groups in total. The number of rotatable bonds is 3. The second-order valence-corrected chi connectivity index (χ2v) is 2.95. The summed E-state index contributed by atoms with van der Waals surface area (Å²) in [6.07, 6.45) is 4.30. The molecule has 0 aliphatic carbocycles. The van der Waals surface area contributed by atoms with E-state index < -0.39 is 7.54 Å². The molecule has 0 spiro atoms. The van der Waals surface area contributed by atoms with E-state index in [0.717, 1.165) is 0 Å². The first kappa shape index (κ1) is 13.4. The van der Waals surface area contributed by atoms with E-state index in [1.54, 1.807) is 0 Å². The van der Waals surface area contributed by atoms with Crippen LogP contribution in [0.15, 0.2) is 0 Å². The fourth-order valence-electron chi connectivity index (χ4n) is 0.500. The van der Waals surface area contributed by atoms with Crippen LogP contribution < -0.4 is 0 Å². The van der Waals surface area contributed by atoms with Gasteiger partial charge in [0, 0.05) is 0 Å². The summed E-state index contributed by atoms with van der Waals surface area (Å²) in [5.41, 5.74) is 0. The Kier molecular flexibility index (Phi) is 16.8. The minimum atomic E-state index is -3.67. The molecule has 0 bridgehead atoms. The molecule has 0 aliphatic rings. The van der Waals surface area contributed by atoms with Gasteiger partial charge in [-0.2, -0.15) is 0 Å². The molecule has 0 rings (SSSR count). The zero-order valence-corrected chi connectivity index (χ0v) is 8.54. The van der Waals surface area contributed by atoms with Crippen LogP contribution in [0.3, 0.4) is 0 Å². The van der Waals surface area contributed by atoms with Crippen molar-refractivity contribution in [3.05, 3.63) is 0 Å². The van der Waals surface area contributed by atoms with Gasteiger partial charge in [-0.1, -0.05) is 0 Å². The fourth-order valence-corrected chi connectivity index (χ4v) is 1.000. The molecule has 0 amide bonds. The summed E-state index contributed by atoms with van der Waals surface area (Å²) in [6.45, 7) is 2.25. The van der Waals surface area contributed by atoms with Crippen LogP contribution >= 0.6 is 0 Å². The molecular weight excluding hydrogens is 151 g/mol. The molecular formula is C5H11BF3Na. The van der Waals surface area contributed by atoms with Crippen LogP contribution in [0.2, 0.25) is 3.67 Å². The summed E-state index contributed by atoms with van der Waals surface area (Å²) in [5, 5.41) is 0. The Labute approximate surface area is 78.2 Å². The molecule has 0 aromatic carbocycles. The molecule has 0 radical (unpaired) electrons. The average molecular weight is 162 g/mol. The van der Waals surface area contributed by atoms with Gasteiger partial charge in [0.15, 0.2) is 0 Å². The monoisotopic (exact) mass is 162 g/mol. The van der Waals surface area contributed by atoms with E-state index in [1.807, 2.05) is 0 Å². The molecule has 10 heavy (non-hydrogen) atoms. The molecule has 0 atom stereocenters. The van der Waals surface area contributed by atoms with Crippen molar-refractivity contribution < 1.29 is 12.9 Å². The van der Waals surface area contributed by atoms with E-state index in [1.165, 1.54) is 50.9 Å². The number of halogens is 3. The van der Waals surface area contributed by atoms with E-state index in [0.29, 0.717) is 0 Å². The van der Waals surface area contributed by atoms with Crippen molar-refractivity contribution in [2.75, 3.05) is 0 Å². The number of unbranched alkanes of at least 4 members (excludes halogenated alkanes) is 2. The molecule has 0 nitrogen and oxygen atoms in total. The van der Waals surface area contributed by atoms with Gasteiger partial charge < -0.3 is 0 Å². The van der Waals surface area contributed by atoms with Crippen LogP contribution in [-0.4, -0.2) is 35.5 Å². The summed E-state index contributed by atoms with van der Waals surface area (Å²) >= 11 is 1.40. The third kappa shape index (κ3) is 36.8. The van der Waals surface area contributed by atoms with E-state index in [4.69, 9.17) is 0 Å².